The van der Waals surface area contributed by atoms with E-state index in [-0.39, 0.29) is 0 Å². The lowest BCUT2D eigenvalue weighted by atomic mass is 10.2. The van der Waals surface area contributed by atoms with Gasteiger partial charge in [-0.1, -0.05) is 12.1 Å². The largest absolute Gasteiger partial charge is 0.389 e. The average Bonchev–Trinajstić information content (AvgIpc) is 2.59. The van der Waals surface area contributed by atoms with Crippen LogP contribution in [0.3, 0.4) is 0 Å². The van der Waals surface area contributed by atoms with Gasteiger partial charge < -0.3 is 20.8 Å². The van der Waals surface area contributed by atoms with Crippen molar-refractivity contribution in [2.45, 2.75) is 18.8 Å². The lowest BCUT2D eigenvalue weighted by Crippen LogP contribution is -2.22. The molecule has 4 nitrogen and oxygen atoms in total. The Morgan fingerprint density at radius 1 is 1.27 bits per heavy atom. The van der Waals surface area contributed by atoms with E-state index < -0.39 is 12.2 Å². The number of β-amino-alcohol motifs (C(OH)–C–C–N with tert-alkyl or cyclic N) is 2. The number of nitrogens with zero attached hydrogens (tertiary/aromatic N) is 1. The van der Waals surface area contributed by atoms with Crippen molar-refractivity contribution in [1.29, 1.82) is 0 Å². The van der Waals surface area contributed by atoms with Gasteiger partial charge in [0, 0.05) is 25.3 Å². The number of rotatable bonds is 2. The van der Waals surface area contributed by atoms with Gasteiger partial charge in [-0.2, -0.15) is 0 Å². The Labute approximate surface area is 88.9 Å². The van der Waals surface area contributed by atoms with Crippen LogP contribution in [0.2, 0.25) is 0 Å². The van der Waals surface area contributed by atoms with Crippen LogP contribution >= 0.6 is 0 Å². The SMILES string of the molecule is NCc1cccc(N2CC(O)C(O)C2)c1. The van der Waals surface area contributed by atoms with Crippen molar-refractivity contribution in [3.8, 4) is 0 Å². The molecule has 1 fully saturated rings. The number of nitrogens with two attached hydrogens (primary N) is 1. The topological polar surface area (TPSA) is 69.7 Å². The van der Waals surface area contributed by atoms with Crippen LogP contribution < -0.4 is 10.6 Å². The summed E-state index contributed by atoms with van der Waals surface area (Å²) in [6.45, 7) is 1.47. The van der Waals surface area contributed by atoms with E-state index >= 15 is 0 Å². The Morgan fingerprint density at radius 2 is 1.93 bits per heavy atom. The second kappa shape index (κ2) is 4.18. The summed E-state index contributed by atoms with van der Waals surface area (Å²) in [5.41, 5.74) is 7.62. The van der Waals surface area contributed by atoms with Gasteiger partial charge in [-0.25, -0.2) is 0 Å². The molecule has 0 amide bonds. The zero-order chi connectivity index (χ0) is 10.8. The smallest absolute Gasteiger partial charge is 0.0990 e. The molecule has 0 spiro atoms. The molecule has 2 unspecified atom stereocenters. The van der Waals surface area contributed by atoms with E-state index in [0.29, 0.717) is 19.6 Å². The van der Waals surface area contributed by atoms with Crippen LogP contribution in [-0.2, 0) is 6.54 Å². The monoisotopic (exact) mass is 208 g/mol. The zero-order valence-corrected chi connectivity index (χ0v) is 8.50. The summed E-state index contributed by atoms with van der Waals surface area (Å²) in [4.78, 5) is 1.97. The van der Waals surface area contributed by atoms with Gasteiger partial charge in [-0.15, -0.1) is 0 Å². The first-order valence-electron chi connectivity index (χ1n) is 5.11. The lowest BCUT2D eigenvalue weighted by Gasteiger charge is -2.18. The van der Waals surface area contributed by atoms with Crippen LogP contribution in [0.5, 0.6) is 0 Å². The Kier molecular flexibility index (Phi) is 2.90. The molecule has 4 heteroatoms. The van der Waals surface area contributed by atoms with Crippen molar-refractivity contribution in [2.24, 2.45) is 5.73 Å². The molecule has 1 saturated heterocycles. The van der Waals surface area contributed by atoms with Gasteiger partial charge in [0.2, 0.25) is 0 Å². The minimum absolute atomic E-state index is 0.481. The van der Waals surface area contributed by atoms with E-state index in [1.807, 2.05) is 29.2 Å². The van der Waals surface area contributed by atoms with Crippen molar-refractivity contribution in [2.75, 3.05) is 18.0 Å². The van der Waals surface area contributed by atoms with Crippen molar-refractivity contribution in [1.82, 2.24) is 0 Å². The van der Waals surface area contributed by atoms with Gasteiger partial charge in [0.1, 0.15) is 0 Å². The summed E-state index contributed by atoms with van der Waals surface area (Å²) in [5, 5.41) is 18.9. The molecule has 82 valence electrons. The summed E-state index contributed by atoms with van der Waals surface area (Å²) in [7, 11) is 0. The van der Waals surface area contributed by atoms with Gasteiger partial charge in [-0.05, 0) is 17.7 Å². The van der Waals surface area contributed by atoms with Crippen molar-refractivity contribution < 1.29 is 10.2 Å². The number of benzene rings is 1. The maximum absolute atomic E-state index is 9.44. The summed E-state index contributed by atoms with van der Waals surface area (Å²) in [6, 6.07) is 7.86. The lowest BCUT2D eigenvalue weighted by molar-refractivity contribution is 0.0572. The van der Waals surface area contributed by atoms with Crippen molar-refractivity contribution in [3.05, 3.63) is 29.8 Å². The summed E-state index contributed by atoms with van der Waals surface area (Å²) in [5.74, 6) is 0. The van der Waals surface area contributed by atoms with Crippen LogP contribution in [0.15, 0.2) is 24.3 Å². The molecule has 0 aromatic heterocycles. The van der Waals surface area contributed by atoms with Crippen LogP contribution in [0.4, 0.5) is 5.69 Å². The fourth-order valence-electron chi connectivity index (χ4n) is 1.86. The molecule has 0 aliphatic carbocycles. The second-order valence-corrected chi connectivity index (χ2v) is 3.91. The first-order valence-corrected chi connectivity index (χ1v) is 5.11. The average molecular weight is 208 g/mol. The molecule has 0 saturated carbocycles. The molecule has 1 aromatic rings. The van der Waals surface area contributed by atoms with Crippen LogP contribution in [0.1, 0.15) is 5.56 Å². The highest BCUT2D eigenvalue weighted by Gasteiger charge is 2.29. The first-order chi connectivity index (χ1) is 7.20. The standard InChI is InChI=1S/C11H16N2O2/c12-5-8-2-1-3-9(4-8)13-6-10(14)11(15)7-13/h1-4,10-11,14-15H,5-7,12H2. The third kappa shape index (κ3) is 2.12. The Hall–Kier alpha value is -1.10. The van der Waals surface area contributed by atoms with E-state index in [1.54, 1.807) is 0 Å². The number of hydrogen-bond acceptors (Lipinski definition) is 4. The molecule has 4 N–H and O–H groups in total. The highest BCUT2D eigenvalue weighted by Crippen LogP contribution is 2.21. The number of anilines is 1. The summed E-state index contributed by atoms with van der Waals surface area (Å²) < 4.78 is 0. The van der Waals surface area contributed by atoms with Gasteiger partial charge >= 0.3 is 0 Å². The third-order valence-electron chi connectivity index (χ3n) is 2.77. The van der Waals surface area contributed by atoms with Gasteiger partial charge in [-0.3, -0.25) is 0 Å². The van der Waals surface area contributed by atoms with Gasteiger partial charge in [0.25, 0.3) is 0 Å². The molecule has 1 aliphatic heterocycles. The number of hydrogen-bond donors (Lipinski definition) is 3. The quantitative estimate of drug-likeness (QED) is 0.623. The molecule has 1 heterocycles. The Bertz CT molecular complexity index is 333. The molecule has 1 aromatic carbocycles. The molecule has 0 radical (unpaired) electrons. The first kappa shape index (κ1) is 10.4. The molecule has 2 atom stereocenters. The van der Waals surface area contributed by atoms with E-state index in [4.69, 9.17) is 5.73 Å². The third-order valence-corrected chi connectivity index (χ3v) is 2.77. The van der Waals surface area contributed by atoms with E-state index in [1.165, 1.54) is 0 Å². The Balaban J connectivity index is 2.16. The number of aliphatic hydroxyl groups is 2. The fourth-order valence-corrected chi connectivity index (χ4v) is 1.86. The molecule has 0 bridgehead atoms. The fraction of sp³-hybridized carbons (Fsp3) is 0.455. The minimum atomic E-state index is -0.647. The highest BCUT2D eigenvalue weighted by atomic mass is 16.3. The van der Waals surface area contributed by atoms with E-state index in [0.717, 1.165) is 11.3 Å². The second-order valence-electron chi connectivity index (χ2n) is 3.91. The van der Waals surface area contributed by atoms with Crippen molar-refractivity contribution >= 4 is 5.69 Å². The zero-order valence-electron chi connectivity index (χ0n) is 8.50. The summed E-state index contributed by atoms with van der Waals surface area (Å²) >= 11 is 0. The normalized spacial score (nSPS) is 25.9. The van der Waals surface area contributed by atoms with Gasteiger partial charge in [0.05, 0.1) is 12.2 Å². The Morgan fingerprint density at radius 3 is 2.53 bits per heavy atom. The van der Waals surface area contributed by atoms with Crippen molar-refractivity contribution in [3.63, 3.8) is 0 Å². The van der Waals surface area contributed by atoms with Crippen LogP contribution in [0, 0.1) is 0 Å². The van der Waals surface area contributed by atoms with E-state index in [2.05, 4.69) is 0 Å². The predicted octanol–water partition coefficient (Wildman–Crippen LogP) is -0.313. The van der Waals surface area contributed by atoms with Crippen LogP contribution in [-0.4, -0.2) is 35.5 Å². The predicted molar refractivity (Wildman–Crippen MR) is 58.6 cm³/mol. The molecule has 1 aliphatic rings. The van der Waals surface area contributed by atoms with Crippen LogP contribution in [0.25, 0.3) is 0 Å². The van der Waals surface area contributed by atoms with E-state index in [9.17, 15) is 10.2 Å². The highest BCUT2D eigenvalue weighted by molar-refractivity contribution is 5.50. The molecular weight excluding hydrogens is 192 g/mol. The maximum Gasteiger partial charge on any atom is 0.0990 e. The number of aliphatic hydroxyl groups excluding tert-OH is 2. The molecule has 2 rings (SSSR count). The minimum Gasteiger partial charge on any atom is -0.389 e. The molecular formula is C11H16N2O2. The summed E-state index contributed by atoms with van der Waals surface area (Å²) in [6.07, 6.45) is -1.29. The molecule has 15 heavy (non-hydrogen) atoms. The van der Waals surface area contributed by atoms with Gasteiger partial charge in [0.15, 0.2) is 0 Å². The maximum atomic E-state index is 9.44.